The third-order valence-corrected chi connectivity index (χ3v) is 5.20. The molecule has 2 rings (SSSR count). The van der Waals surface area contributed by atoms with E-state index in [1.165, 1.54) is 16.8 Å². The van der Waals surface area contributed by atoms with Crippen molar-refractivity contribution >= 4 is 16.1 Å². The largest absolute Gasteiger partial charge is 0.396 e. The normalized spacial score (nSPS) is 13.5. The van der Waals surface area contributed by atoms with Crippen LogP contribution in [0.5, 0.6) is 0 Å². The molecule has 1 atom stereocenters. The Labute approximate surface area is 137 Å². The highest BCUT2D eigenvalue weighted by molar-refractivity contribution is 7.92. The molecule has 0 radical (unpaired) electrons. The molecule has 2 aromatic rings. The molecule has 1 N–H and O–H groups in total. The molecule has 0 bridgehead atoms. The van der Waals surface area contributed by atoms with Crippen LogP contribution in [-0.2, 0) is 10.0 Å². The lowest BCUT2D eigenvalue weighted by molar-refractivity contribution is 0.241. The maximum atomic E-state index is 12.6. The van der Waals surface area contributed by atoms with Crippen LogP contribution in [0.15, 0.2) is 66.1 Å². The molecule has 2 aromatic carbocycles. The predicted molar refractivity (Wildman–Crippen MR) is 93.0 cm³/mol. The fraction of sp³-hybridized carbons (Fsp3) is 0.222. The van der Waals surface area contributed by atoms with Gasteiger partial charge in [0.05, 0.1) is 6.04 Å². The molecule has 1 unspecified atom stereocenters. The predicted octanol–water partition coefficient (Wildman–Crippen LogP) is 3.04. The maximum Gasteiger partial charge on any atom is 0.236 e. The second-order valence-corrected chi connectivity index (χ2v) is 7.09. The molecular formula is C18H21NO3S. The summed E-state index contributed by atoms with van der Waals surface area (Å²) in [6, 6.07) is 18.2. The van der Waals surface area contributed by atoms with E-state index in [2.05, 4.69) is 0 Å². The van der Waals surface area contributed by atoms with Gasteiger partial charge >= 0.3 is 0 Å². The number of aliphatic hydroxyl groups excluding tert-OH is 1. The SMILES string of the molecule is CN(C(CCO)c1ccccc1)S(=O)(=O)/C=C/c1ccccc1. The summed E-state index contributed by atoms with van der Waals surface area (Å²) in [7, 11) is -2.05. The molecule has 0 aliphatic carbocycles. The van der Waals surface area contributed by atoms with Gasteiger partial charge in [-0.3, -0.25) is 0 Å². The molecule has 0 amide bonds. The topological polar surface area (TPSA) is 57.6 Å². The zero-order chi connectivity index (χ0) is 16.7. The minimum Gasteiger partial charge on any atom is -0.396 e. The molecule has 5 heteroatoms. The standard InChI is InChI=1S/C18H21NO3S/c1-19(18(12-14-20)17-10-6-3-7-11-17)23(21,22)15-13-16-8-4-2-5-9-16/h2-11,13,15,18,20H,12,14H2,1H3/b15-13+. The number of benzene rings is 2. The van der Waals surface area contributed by atoms with Crippen LogP contribution >= 0.6 is 0 Å². The van der Waals surface area contributed by atoms with E-state index in [-0.39, 0.29) is 6.61 Å². The van der Waals surface area contributed by atoms with Gasteiger partial charge in [-0.1, -0.05) is 60.7 Å². The molecule has 0 saturated heterocycles. The van der Waals surface area contributed by atoms with Gasteiger partial charge in [0.1, 0.15) is 0 Å². The Kier molecular flexibility index (Phi) is 6.10. The van der Waals surface area contributed by atoms with Crippen LogP contribution in [0.3, 0.4) is 0 Å². The van der Waals surface area contributed by atoms with E-state index < -0.39 is 16.1 Å². The Morgan fingerprint density at radius 2 is 1.61 bits per heavy atom. The van der Waals surface area contributed by atoms with Crippen molar-refractivity contribution < 1.29 is 13.5 Å². The monoisotopic (exact) mass is 331 g/mol. The van der Waals surface area contributed by atoms with Crippen molar-refractivity contribution in [3.05, 3.63) is 77.2 Å². The molecule has 4 nitrogen and oxygen atoms in total. The van der Waals surface area contributed by atoms with Gasteiger partial charge in [-0.15, -0.1) is 0 Å². The lowest BCUT2D eigenvalue weighted by atomic mass is 10.0. The molecule has 0 saturated carbocycles. The summed E-state index contributed by atoms with van der Waals surface area (Å²) < 4.78 is 26.4. The number of hydrogen-bond donors (Lipinski definition) is 1. The van der Waals surface area contributed by atoms with Crippen molar-refractivity contribution in [2.75, 3.05) is 13.7 Å². The smallest absolute Gasteiger partial charge is 0.236 e. The molecule has 0 aliphatic rings. The van der Waals surface area contributed by atoms with Crippen molar-refractivity contribution in [3.63, 3.8) is 0 Å². The van der Waals surface area contributed by atoms with E-state index in [9.17, 15) is 13.5 Å². The Balaban J connectivity index is 2.24. The van der Waals surface area contributed by atoms with Crippen molar-refractivity contribution in [2.24, 2.45) is 0 Å². The summed E-state index contributed by atoms with van der Waals surface area (Å²) in [5.41, 5.74) is 1.68. The van der Waals surface area contributed by atoms with Gasteiger partial charge in [-0.05, 0) is 23.6 Å². The number of nitrogens with zero attached hydrogens (tertiary/aromatic N) is 1. The lowest BCUT2D eigenvalue weighted by Gasteiger charge is -2.26. The fourth-order valence-corrected chi connectivity index (χ4v) is 3.46. The molecule has 122 valence electrons. The highest BCUT2D eigenvalue weighted by atomic mass is 32.2. The quantitative estimate of drug-likeness (QED) is 0.848. The second kappa shape index (κ2) is 8.06. The summed E-state index contributed by atoms with van der Waals surface area (Å²) in [4.78, 5) is 0. The van der Waals surface area contributed by atoms with Crippen LogP contribution in [0.1, 0.15) is 23.6 Å². The van der Waals surface area contributed by atoms with E-state index in [0.29, 0.717) is 6.42 Å². The van der Waals surface area contributed by atoms with Crippen molar-refractivity contribution in [1.82, 2.24) is 4.31 Å². The van der Waals surface area contributed by atoms with Crippen LogP contribution in [0.25, 0.3) is 6.08 Å². The molecule has 0 fully saturated rings. The highest BCUT2D eigenvalue weighted by Gasteiger charge is 2.25. The summed E-state index contributed by atoms with van der Waals surface area (Å²) in [5, 5.41) is 10.5. The van der Waals surface area contributed by atoms with Gasteiger partial charge in [0.15, 0.2) is 0 Å². The van der Waals surface area contributed by atoms with E-state index in [0.717, 1.165) is 11.1 Å². The van der Waals surface area contributed by atoms with Crippen molar-refractivity contribution in [1.29, 1.82) is 0 Å². The van der Waals surface area contributed by atoms with Crippen molar-refractivity contribution in [2.45, 2.75) is 12.5 Å². The summed E-state index contributed by atoms with van der Waals surface area (Å²) in [6.07, 6.45) is 1.92. The van der Waals surface area contributed by atoms with Crippen LogP contribution in [0, 0.1) is 0 Å². The van der Waals surface area contributed by atoms with E-state index >= 15 is 0 Å². The molecule has 0 aromatic heterocycles. The number of hydrogen-bond acceptors (Lipinski definition) is 3. The van der Waals surface area contributed by atoms with E-state index in [1.54, 1.807) is 6.08 Å². The minimum absolute atomic E-state index is 0.0815. The maximum absolute atomic E-state index is 12.6. The number of rotatable bonds is 7. The van der Waals surface area contributed by atoms with Gasteiger partial charge in [-0.25, -0.2) is 8.42 Å². The Bertz CT molecular complexity index is 727. The first-order chi connectivity index (χ1) is 11.0. The van der Waals surface area contributed by atoms with Crippen LogP contribution in [-0.4, -0.2) is 31.5 Å². The summed E-state index contributed by atoms with van der Waals surface area (Å²) in [5.74, 6) is 0. The first-order valence-electron chi connectivity index (χ1n) is 7.41. The number of aliphatic hydroxyl groups is 1. The van der Waals surface area contributed by atoms with E-state index in [4.69, 9.17) is 0 Å². The van der Waals surface area contributed by atoms with Crippen LogP contribution in [0.4, 0.5) is 0 Å². The van der Waals surface area contributed by atoms with Crippen LogP contribution in [0.2, 0.25) is 0 Å². The molecule has 0 heterocycles. The first-order valence-corrected chi connectivity index (χ1v) is 8.92. The molecular weight excluding hydrogens is 310 g/mol. The Morgan fingerprint density at radius 1 is 1.04 bits per heavy atom. The zero-order valence-corrected chi connectivity index (χ0v) is 13.9. The molecule has 23 heavy (non-hydrogen) atoms. The van der Waals surface area contributed by atoms with Gasteiger partial charge in [0, 0.05) is 19.1 Å². The summed E-state index contributed by atoms with van der Waals surface area (Å²) in [6.45, 7) is -0.0815. The van der Waals surface area contributed by atoms with Crippen molar-refractivity contribution in [3.8, 4) is 0 Å². The lowest BCUT2D eigenvalue weighted by Crippen LogP contribution is -2.30. The minimum atomic E-state index is -3.59. The van der Waals surface area contributed by atoms with Gasteiger partial charge in [0.25, 0.3) is 0 Å². The third-order valence-electron chi connectivity index (χ3n) is 3.66. The van der Waals surface area contributed by atoms with E-state index in [1.807, 2.05) is 60.7 Å². The van der Waals surface area contributed by atoms with Crippen LogP contribution < -0.4 is 0 Å². The third kappa shape index (κ3) is 4.76. The average molecular weight is 331 g/mol. The molecule has 0 spiro atoms. The highest BCUT2D eigenvalue weighted by Crippen LogP contribution is 2.26. The average Bonchev–Trinajstić information content (AvgIpc) is 2.59. The Morgan fingerprint density at radius 3 is 2.17 bits per heavy atom. The van der Waals surface area contributed by atoms with Gasteiger partial charge < -0.3 is 5.11 Å². The zero-order valence-electron chi connectivity index (χ0n) is 13.0. The van der Waals surface area contributed by atoms with Gasteiger partial charge in [-0.2, -0.15) is 4.31 Å². The van der Waals surface area contributed by atoms with Gasteiger partial charge in [0.2, 0.25) is 10.0 Å². The second-order valence-electron chi connectivity index (χ2n) is 5.21. The molecule has 0 aliphatic heterocycles. The first kappa shape index (κ1) is 17.4. The summed E-state index contributed by atoms with van der Waals surface area (Å²) >= 11 is 0. The number of sulfonamides is 1. The fourth-order valence-electron chi connectivity index (χ4n) is 2.36. The Hall–Kier alpha value is -1.95.